The Morgan fingerprint density at radius 3 is 2.85 bits per heavy atom. The summed E-state index contributed by atoms with van der Waals surface area (Å²) in [5, 5.41) is 12.1. The first-order chi connectivity index (χ1) is 9.53. The summed E-state index contributed by atoms with van der Waals surface area (Å²) in [4.78, 5) is 3.69. The maximum atomic E-state index is 12.0. The largest absolute Gasteiger partial charge is 0.340 e. The number of benzene rings is 1. The molecule has 0 aliphatic carbocycles. The maximum absolute atomic E-state index is 12.0. The average Bonchev–Trinajstić information content (AvgIpc) is 2.91. The Kier molecular flexibility index (Phi) is 4.34. The summed E-state index contributed by atoms with van der Waals surface area (Å²) in [6.45, 7) is 0.0981. The molecule has 0 bridgehead atoms. The molecule has 2 rings (SSSR count). The van der Waals surface area contributed by atoms with Crippen LogP contribution in [0.3, 0.4) is 0 Å². The van der Waals surface area contributed by atoms with E-state index in [2.05, 4.69) is 14.9 Å². The van der Waals surface area contributed by atoms with Gasteiger partial charge in [0.2, 0.25) is 15.9 Å². The topological polar surface area (TPSA) is 109 Å². The lowest BCUT2D eigenvalue weighted by Crippen LogP contribution is -2.26. The van der Waals surface area contributed by atoms with Crippen molar-refractivity contribution < 1.29 is 12.9 Å². The van der Waals surface area contributed by atoms with E-state index in [9.17, 15) is 8.42 Å². The molecule has 20 heavy (non-hydrogen) atoms. The van der Waals surface area contributed by atoms with E-state index in [1.807, 2.05) is 6.07 Å². The third-order valence-electron chi connectivity index (χ3n) is 2.39. The number of halogens is 1. The summed E-state index contributed by atoms with van der Waals surface area (Å²) in [6.07, 6.45) is 1.51. The van der Waals surface area contributed by atoms with Gasteiger partial charge in [-0.15, -0.1) is 0 Å². The van der Waals surface area contributed by atoms with E-state index >= 15 is 0 Å². The fourth-order valence-corrected chi connectivity index (χ4v) is 3.04. The van der Waals surface area contributed by atoms with Crippen LogP contribution in [0, 0.1) is 11.3 Å². The van der Waals surface area contributed by atoms with E-state index < -0.39 is 10.0 Å². The molecule has 0 fully saturated rings. The monoisotopic (exact) mass is 312 g/mol. The van der Waals surface area contributed by atoms with Crippen molar-refractivity contribution in [2.75, 3.05) is 6.54 Å². The van der Waals surface area contributed by atoms with Gasteiger partial charge in [0.25, 0.3) is 0 Å². The molecule has 0 amide bonds. The highest BCUT2D eigenvalue weighted by Crippen LogP contribution is 2.22. The minimum absolute atomic E-state index is 0.00524. The fraction of sp³-hybridized carbons (Fsp3) is 0.182. The van der Waals surface area contributed by atoms with E-state index in [4.69, 9.17) is 21.4 Å². The van der Waals surface area contributed by atoms with Crippen LogP contribution in [-0.4, -0.2) is 25.1 Å². The molecule has 1 aromatic carbocycles. The molecule has 1 heterocycles. The average molecular weight is 313 g/mol. The number of hydrogen-bond acceptors (Lipinski definition) is 6. The Balaban J connectivity index is 2.08. The van der Waals surface area contributed by atoms with Crippen molar-refractivity contribution in [2.45, 2.75) is 11.3 Å². The van der Waals surface area contributed by atoms with E-state index in [1.165, 1.54) is 24.5 Å². The third kappa shape index (κ3) is 3.33. The van der Waals surface area contributed by atoms with E-state index in [1.54, 1.807) is 0 Å². The van der Waals surface area contributed by atoms with Gasteiger partial charge in [0.1, 0.15) is 4.90 Å². The molecule has 0 spiro atoms. The maximum Gasteiger partial charge on any atom is 0.242 e. The number of nitrogens with zero attached hydrogens (tertiary/aromatic N) is 3. The van der Waals surface area contributed by atoms with E-state index in [-0.39, 0.29) is 22.9 Å². The molecule has 1 N–H and O–H groups in total. The van der Waals surface area contributed by atoms with Crippen LogP contribution in [0.2, 0.25) is 5.02 Å². The van der Waals surface area contributed by atoms with Crippen LogP contribution in [0.5, 0.6) is 0 Å². The third-order valence-corrected chi connectivity index (χ3v) is 4.33. The number of rotatable bonds is 5. The summed E-state index contributed by atoms with van der Waals surface area (Å²) >= 11 is 5.86. The van der Waals surface area contributed by atoms with E-state index in [0.717, 1.165) is 0 Å². The van der Waals surface area contributed by atoms with Gasteiger partial charge in [0.05, 0.1) is 16.7 Å². The molecule has 0 aliphatic rings. The molecule has 2 aromatic rings. The van der Waals surface area contributed by atoms with Crippen LogP contribution in [-0.2, 0) is 16.4 Å². The van der Waals surface area contributed by atoms with Crippen LogP contribution >= 0.6 is 11.6 Å². The van der Waals surface area contributed by atoms with Crippen molar-refractivity contribution in [2.24, 2.45) is 0 Å². The van der Waals surface area contributed by atoms with Crippen LogP contribution in [0.25, 0.3) is 0 Å². The molecule has 104 valence electrons. The van der Waals surface area contributed by atoms with Gasteiger partial charge >= 0.3 is 0 Å². The molecular formula is C11H9ClN4O3S. The molecule has 0 saturated heterocycles. The number of aromatic nitrogens is 2. The Bertz CT molecular complexity index is 738. The van der Waals surface area contributed by atoms with Gasteiger partial charge in [-0.3, -0.25) is 0 Å². The highest BCUT2D eigenvalue weighted by molar-refractivity contribution is 7.89. The molecule has 9 heteroatoms. The molecule has 0 aliphatic heterocycles. The highest BCUT2D eigenvalue weighted by Gasteiger charge is 2.18. The first-order valence-electron chi connectivity index (χ1n) is 5.48. The van der Waals surface area contributed by atoms with Crippen molar-refractivity contribution in [3.63, 3.8) is 0 Å². The Hall–Kier alpha value is -1.95. The van der Waals surface area contributed by atoms with Gasteiger partial charge in [-0.1, -0.05) is 16.8 Å². The van der Waals surface area contributed by atoms with Crippen LogP contribution in [0.4, 0.5) is 0 Å². The first kappa shape index (κ1) is 14.5. The first-order valence-corrected chi connectivity index (χ1v) is 7.34. The number of nitriles is 1. The van der Waals surface area contributed by atoms with Gasteiger partial charge in [-0.25, -0.2) is 13.1 Å². The quantitative estimate of drug-likeness (QED) is 0.886. The summed E-state index contributed by atoms with van der Waals surface area (Å²) < 4.78 is 31.2. The molecule has 7 nitrogen and oxygen atoms in total. The van der Waals surface area contributed by atoms with Crippen molar-refractivity contribution >= 4 is 21.6 Å². The zero-order chi connectivity index (χ0) is 14.6. The van der Waals surface area contributed by atoms with Gasteiger partial charge in [-0.05, 0) is 18.2 Å². The molecule has 1 aromatic heterocycles. The van der Waals surface area contributed by atoms with E-state index in [0.29, 0.717) is 11.5 Å². The van der Waals surface area contributed by atoms with Crippen molar-refractivity contribution in [1.29, 1.82) is 5.26 Å². The Morgan fingerprint density at radius 2 is 2.25 bits per heavy atom. The van der Waals surface area contributed by atoms with Gasteiger partial charge in [0, 0.05) is 13.0 Å². The van der Waals surface area contributed by atoms with Crippen LogP contribution in [0.15, 0.2) is 33.9 Å². The summed E-state index contributed by atoms with van der Waals surface area (Å²) in [7, 11) is -3.75. The van der Waals surface area contributed by atoms with Gasteiger partial charge in [-0.2, -0.15) is 10.2 Å². The minimum atomic E-state index is -3.75. The fourth-order valence-electron chi connectivity index (χ4n) is 1.46. The van der Waals surface area contributed by atoms with Gasteiger partial charge < -0.3 is 4.52 Å². The van der Waals surface area contributed by atoms with Crippen LogP contribution in [0.1, 0.15) is 11.5 Å². The lowest BCUT2D eigenvalue weighted by Gasteiger charge is -2.07. The zero-order valence-corrected chi connectivity index (χ0v) is 11.6. The second-order valence-corrected chi connectivity index (χ2v) is 5.88. The highest BCUT2D eigenvalue weighted by atomic mass is 35.5. The smallest absolute Gasteiger partial charge is 0.242 e. The minimum Gasteiger partial charge on any atom is -0.340 e. The van der Waals surface area contributed by atoms with Crippen molar-refractivity contribution in [3.8, 4) is 6.07 Å². The Labute approximate surface area is 120 Å². The zero-order valence-electron chi connectivity index (χ0n) is 10.1. The summed E-state index contributed by atoms with van der Waals surface area (Å²) in [6, 6.07) is 5.86. The predicted octanol–water partition coefficient (Wildman–Crippen LogP) is 1.12. The summed E-state index contributed by atoms with van der Waals surface area (Å²) in [5.74, 6) is 0.332. The standard InChI is InChI=1S/C11H9ClN4O3S/c12-9-5-8(6-13)1-2-10(9)20(17,18)16-4-3-11-14-7-15-19-11/h1-2,5,7,16H,3-4H2. The molecule has 0 saturated carbocycles. The van der Waals surface area contributed by atoms with Crippen LogP contribution < -0.4 is 4.72 Å². The van der Waals surface area contributed by atoms with Crippen molar-refractivity contribution in [3.05, 3.63) is 41.0 Å². The second-order valence-electron chi connectivity index (χ2n) is 3.74. The molecule has 0 unspecified atom stereocenters. The van der Waals surface area contributed by atoms with Gasteiger partial charge in [0.15, 0.2) is 6.33 Å². The lowest BCUT2D eigenvalue weighted by atomic mass is 10.2. The molecule has 0 radical (unpaired) electrons. The SMILES string of the molecule is N#Cc1ccc(S(=O)(=O)NCCc2ncno2)c(Cl)c1. The van der Waals surface area contributed by atoms with Crippen molar-refractivity contribution in [1.82, 2.24) is 14.9 Å². The molecular weight excluding hydrogens is 304 g/mol. The predicted molar refractivity (Wildman–Crippen MR) is 69.4 cm³/mol. The number of sulfonamides is 1. The number of hydrogen-bond donors (Lipinski definition) is 1. The lowest BCUT2D eigenvalue weighted by molar-refractivity contribution is 0.377. The second kappa shape index (κ2) is 6.00. The number of nitrogens with one attached hydrogen (secondary N) is 1. The Morgan fingerprint density at radius 1 is 1.45 bits per heavy atom. The molecule has 0 atom stereocenters. The summed E-state index contributed by atoms with van der Waals surface area (Å²) in [5.41, 5.74) is 0.291. The normalized spacial score (nSPS) is 11.2.